The van der Waals surface area contributed by atoms with E-state index in [-0.39, 0.29) is 85.1 Å². The topological polar surface area (TPSA) is 215 Å². The van der Waals surface area contributed by atoms with Crippen LogP contribution in [0.3, 0.4) is 0 Å². The van der Waals surface area contributed by atoms with Gasteiger partial charge in [-0.05, 0) is 136 Å². The molecule has 6 N–H and O–H groups in total. The van der Waals surface area contributed by atoms with Crippen LogP contribution in [0.5, 0.6) is 0 Å². The first-order valence-corrected chi connectivity index (χ1v) is 27.5. The van der Waals surface area contributed by atoms with Crippen molar-refractivity contribution in [2.75, 3.05) is 27.2 Å². The highest BCUT2D eigenvalue weighted by Crippen LogP contribution is 2.38. The number of amides is 6. The minimum atomic E-state index is -0.985. The number of likely N-dealkylation sites (N-methyl/N-ethyl adjacent to an activating group) is 2. The molecule has 0 radical (unpaired) electrons. The average Bonchev–Trinajstić information content (AvgIpc) is 4.03. The largest absolute Gasteiger partial charge is 0.347 e. The van der Waals surface area contributed by atoms with Crippen molar-refractivity contribution in [2.24, 2.45) is 10.8 Å². The van der Waals surface area contributed by atoms with Gasteiger partial charge in [0.15, 0.2) is 11.6 Å². The van der Waals surface area contributed by atoms with Crippen molar-refractivity contribution < 1.29 is 38.4 Å². The first-order valence-electron chi connectivity index (χ1n) is 27.5. The quantitative estimate of drug-likeness (QED) is 0.0939. The standard InChI is InChI=1S/C60H82N8O8/c1-35(61-9)53(71)65-51(59(3,4)5)57(75)67-33-41(31-47(67)49(69)29-39-23-17-21-37-19-11-13-25-43(37)39)63-55(73)45-27-15-16-28-46(45)56(74)64-42-32-48(50(70)30-40-24-18-22-38-20-12-14-26-44(38)40)68(34-42)58(76)52(60(6,7)8)66-54(72)36(2)62-10/h11-16,19-20,25-28,35-36,39-42,47-48,51-52,61-62H,17-18,21-24,29-34H2,1-10H3,(H,63,73)(H,64,74)(H,65,71)(H,66,72)/t35-,36-,39-,40-,41-,42-,47-,48-,51+,52+/m0/s1. The summed E-state index contributed by atoms with van der Waals surface area (Å²) in [5.74, 6) is -3.02. The molecule has 3 aromatic carbocycles. The lowest BCUT2D eigenvalue weighted by molar-refractivity contribution is -0.143. The number of benzene rings is 3. The van der Waals surface area contributed by atoms with Gasteiger partial charge in [-0.25, -0.2) is 0 Å². The lowest BCUT2D eigenvalue weighted by atomic mass is 9.79. The number of nitrogens with one attached hydrogen (secondary N) is 6. The molecule has 2 aliphatic carbocycles. The van der Waals surface area contributed by atoms with Crippen LogP contribution < -0.4 is 31.9 Å². The van der Waals surface area contributed by atoms with E-state index in [9.17, 15) is 38.4 Å². The summed E-state index contributed by atoms with van der Waals surface area (Å²) in [5, 5.41) is 17.9. The summed E-state index contributed by atoms with van der Waals surface area (Å²) in [4.78, 5) is 118. The Morgan fingerprint density at radius 1 is 0.539 bits per heavy atom. The summed E-state index contributed by atoms with van der Waals surface area (Å²) in [5.41, 5.74) is 3.37. The smallest absolute Gasteiger partial charge is 0.252 e. The van der Waals surface area contributed by atoms with Gasteiger partial charge in [-0.3, -0.25) is 38.4 Å². The van der Waals surface area contributed by atoms with E-state index in [0.717, 1.165) is 49.7 Å². The number of likely N-dealkylation sites (tertiary alicyclic amines) is 2. The third-order valence-electron chi connectivity index (χ3n) is 16.3. The highest BCUT2D eigenvalue weighted by Gasteiger charge is 2.48. The number of aryl methyl sites for hydroxylation is 2. The van der Waals surface area contributed by atoms with Gasteiger partial charge in [-0.15, -0.1) is 0 Å². The average molecular weight is 1040 g/mol. The minimum absolute atomic E-state index is 0.00168. The third kappa shape index (κ3) is 13.3. The Morgan fingerprint density at radius 2 is 0.895 bits per heavy atom. The Kier molecular flexibility index (Phi) is 18.4. The van der Waals surface area contributed by atoms with E-state index >= 15 is 0 Å². The Hall–Kier alpha value is -6.26. The fraction of sp³-hybridized carbons (Fsp3) is 0.567. The first kappa shape index (κ1) is 57.4. The lowest BCUT2D eigenvalue weighted by Crippen LogP contribution is -2.59. The zero-order valence-electron chi connectivity index (χ0n) is 46.3. The van der Waals surface area contributed by atoms with E-state index < -0.39 is 82.8 Å². The van der Waals surface area contributed by atoms with Gasteiger partial charge in [-0.1, -0.05) is 102 Å². The normalized spacial score (nSPS) is 23.0. The van der Waals surface area contributed by atoms with Crippen LogP contribution in [0.15, 0.2) is 72.8 Å². The molecule has 0 unspecified atom stereocenters. The van der Waals surface area contributed by atoms with E-state index in [4.69, 9.17) is 0 Å². The monoisotopic (exact) mass is 1040 g/mol. The minimum Gasteiger partial charge on any atom is -0.347 e. The summed E-state index contributed by atoms with van der Waals surface area (Å²) >= 11 is 0. The molecule has 410 valence electrons. The number of nitrogens with zero attached hydrogens (tertiary/aromatic N) is 2. The molecule has 2 saturated heterocycles. The van der Waals surface area contributed by atoms with E-state index in [2.05, 4.69) is 56.2 Å². The summed E-state index contributed by atoms with van der Waals surface area (Å²) in [6, 6.07) is 16.4. The molecule has 0 spiro atoms. The van der Waals surface area contributed by atoms with Crippen molar-refractivity contribution in [3.8, 4) is 0 Å². The van der Waals surface area contributed by atoms with E-state index in [1.807, 2.05) is 65.8 Å². The predicted octanol–water partition coefficient (Wildman–Crippen LogP) is 5.52. The van der Waals surface area contributed by atoms with Gasteiger partial charge in [0.2, 0.25) is 23.6 Å². The van der Waals surface area contributed by atoms with E-state index in [1.54, 1.807) is 52.2 Å². The Labute approximate surface area is 449 Å². The SMILES string of the molecule is CN[C@@H](C)C(=O)N[C@H](C(=O)N1C[C@@H](NC(=O)c2ccccc2C(=O)N[C@H]2C[C@@H](C(=O)C[C@@H]3CCCc4ccccc43)N(C(=O)[C@@H](NC(=O)[C@H](C)NC)C(C)(C)C)C2)C[C@H]1C(=O)C[C@@H]1CCCc2ccccc21)C(C)(C)C. The summed E-state index contributed by atoms with van der Waals surface area (Å²) in [7, 11) is 3.32. The fourth-order valence-electron chi connectivity index (χ4n) is 11.7. The van der Waals surface area contributed by atoms with Gasteiger partial charge in [0.1, 0.15) is 12.1 Å². The van der Waals surface area contributed by atoms with Crippen molar-refractivity contribution in [3.63, 3.8) is 0 Å². The molecule has 3 aromatic rings. The lowest BCUT2D eigenvalue weighted by Gasteiger charge is -2.36. The number of carbonyl (C=O) groups excluding carboxylic acids is 8. The number of ketones is 2. The molecule has 7 rings (SSSR count). The second-order valence-corrected chi connectivity index (χ2v) is 23.9. The van der Waals surface area contributed by atoms with E-state index in [0.29, 0.717) is 0 Å². The van der Waals surface area contributed by atoms with Crippen molar-refractivity contribution in [2.45, 2.75) is 180 Å². The molecule has 16 heteroatoms. The van der Waals surface area contributed by atoms with Crippen LogP contribution in [-0.2, 0) is 41.6 Å². The van der Waals surface area contributed by atoms with Crippen LogP contribution in [-0.4, -0.2) is 132 Å². The maximum atomic E-state index is 14.8. The Balaban J connectivity index is 1.12. The highest BCUT2D eigenvalue weighted by molar-refractivity contribution is 6.07. The molecule has 2 aliphatic heterocycles. The van der Waals surface area contributed by atoms with Gasteiger partial charge in [0, 0.05) is 38.0 Å². The number of hydrogen-bond donors (Lipinski definition) is 6. The molecular formula is C60H82N8O8. The van der Waals surface area contributed by atoms with Gasteiger partial charge in [-0.2, -0.15) is 0 Å². The van der Waals surface area contributed by atoms with Crippen LogP contribution in [0.4, 0.5) is 0 Å². The fourth-order valence-corrected chi connectivity index (χ4v) is 11.7. The predicted molar refractivity (Wildman–Crippen MR) is 292 cm³/mol. The van der Waals surface area contributed by atoms with Crippen molar-refractivity contribution in [3.05, 3.63) is 106 Å². The summed E-state index contributed by atoms with van der Waals surface area (Å²) < 4.78 is 0. The van der Waals surface area contributed by atoms with Gasteiger partial charge >= 0.3 is 0 Å². The van der Waals surface area contributed by atoms with Gasteiger partial charge in [0.05, 0.1) is 35.3 Å². The molecular weight excluding hydrogens is 961 g/mol. The maximum absolute atomic E-state index is 14.8. The van der Waals surface area contributed by atoms with Gasteiger partial charge in [0.25, 0.3) is 11.8 Å². The Morgan fingerprint density at radius 3 is 1.25 bits per heavy atom. The molecule has 76 heavy (non-hydrogen) atoms. The molecule has 2 heterocycles. The molecule has 0 saturated carbocycles. The number of Topliss-reactive ketones (excluding diaryl/α,β-unsaturated/α-hetero) is 2. The van der Waals surface area contributed by atoms with Crippen LogP contribution in [0.1, 0.15) is 162 Å². The Bertz CT molecular complexity index is 2480. The highest BCUT2D eigenvalue weighted by atomic mass is 16.2. The summed E-state index contributed by atoms with van der Waals surface area (Å²) in [6.45, 7) is 14.5. The molecule has 10 atom stereocenters. The molecule has 2 fully saturated rings. The van der Waals surface area contributed by atoms with Crippen LogP contribution in [0.2, 0.25) is 0 Å². The molecule has 6 amide bonds. The number of carbonyl (C=O) groups is 8. The second kappa shape index (κ2) is 24.4. The zero-order chi connectivity index (χ0) is 55.2. The number of rotatable bonds is 18. The van der Waals surface area contributed by atoms with Gasteiger partial charge < -0.3 is 41.7 Å². The van der Waals surface area contributed by atoms with Crippen molar-refractivity contribution in [1.29, 1.82) is 0 Å². The molecule has 0 bridgehead atoms. The zero-order valence-corrected chi connectivity index (χ0v) is 46.3. The van der Waals surface area contributed by atoms with E-state index in [1.165, 1.54) is 20.9 Å². The third-order valence-corrected chi connectivity index (χ3v) is 16.3. The first-order chi connectivity index (χ1) is 36.0. The van der Waals surface area contributed by atoms with Crippen molar-refractivity contribution >= 4 is 47.0 Å². The van der Waals surface area contributed by atoms with Crippen LogP contribution in [0.25, 0.3) is 0 Å². The molecule has 0 aromatic heterocycles. The molecule has 4 aliphatic rings. The number of hydrogen-bond acceptors (Lipinski definition) is 10. The van der Waals surface area contributed by atoms with Crippen LogP contribution >= 0.6 is 0 Å². The maximum Gasteiger partial charge on any atom is 0.252 e. The van der Waals surface area contributed by atoms with Crippen molar-refractivity contribution in [1.82, 2.24) is 41.7 Å². The number of fused-ring (bicyclic) bond motifs is 2. The summed E-state index contributed by atoms with van der Waals surface area (Å²) in [6.07, 6.45) is 6.11. The molecule has 16 nitrogen and oxygen atoms in total. The second-order valence-electron chi connectivity index (χ2n) is 23.9. The van der Waals surface area contributed by atoms with Crippen LogP contribution in [0, 0.1) is 10.8 Å².